The van der Waals surface area contributed by atoms with E-state index in [0.717, 1.165) is 5.56 Å². The van der Waals surface area contributed by atoms with Crippen molar-refractivity contribution in [1.29, 1.82) is 0 Å². The standard InChI is InChI=1S/C22H28N2O7/c1-26-19-8-5-14(9-20(19)27-2)11-24-12-16(31-22(24)25)13-30-15-6-7-18(23)17(10-15)21(28-3)29-4/h5-10,16,21H,11-13,23H2,1-4H3. The molecule has 0 aliphatic carbocycles. The minimum Gasteiger partial charge on any atom is -0.493 e. The Bertz CT molecular complexity index is 901. The minimum absolute atomic E-state index is 0.210. The number of ether oxygens (including phenoxy) is 6. The molecule has 2 N–H and O–H groups in total. The van der Waals surface area contributed by atoms with Crippen molar-refractivity contribution in [3.05, 3.63) is 47.5 Å². The highest BCUT2D eigenvalue weighted by molar-refractivity contribution is 5.70. The van der Waals surface area contributed by atoms with Gasteiger partial charge in [0.2, 0.25) is 0 Å². The van der Waals surface area contributed by atoms with Crippen LogP contribution in [0.25, 0.3) is 0 Å². The molecule has 2 aromatic rings. The molecule has 0 aromatic heterocycles. The average Bonchev–Trinajstić information content (AvgIpc) is 3.13. The van der Waals surface area contributed by atoms with Crippen molar-refractivity contribution in [3.8, 4) is 17.2 Å². The first-order chi connectivity index (χ1) is 15.0. The van der Waals surface area contributed by atoms with E-state index in [9.17, 15) is 4.79 Å². The van der Waals surface area contributed by atoms with Crippen molar-refractivity contribution in [2.24, 2.45) is 0 Å². The lowest BCUT2D eigenvalue weighted by atomic mass is 10.1. The minimum atomic E-state index is -0.593. The van der Waals surface area contributed by atoms with E-state index in [1.807, 2.05) is 18.2 Å². The zero-order chi connectivity index (χ0) is 22.4. The maximum atomic E-state index is 12.3. The molecule has 31 heavy (non-hydrogen) atoms. The smallest absolute Gasteiger partial charge is 0.410 e. The van der Waals surface area contributed by atoms with Crippen LogP contribution in [0.3, 0.4) is 0 Å². The summed E-state index contributed by atoms with van der Waals surface area (Å²) in [5, 5.41) is 0. The Balaban J connectivity index is 1.59. The SMILES string of the molecule is COc1ccc(CN2CC(COc3ccc(N)c(C(OC)OC)c3)OC2=O)cc1OC. The zero-order valence-corrected chi connectivity index (χ0v) is 18.1. The quantitative estimate of drug-likeness (QED) is 0.452. The number of methoxy groups -OCH3 is 4. The fraction of sp³-hybridized carbons (Fsp3) is 0.409. The maximum Gasteiger partial charge on any atom is 0.410 e. The Morgan fingerprint density at radius 3 is 2.48 bits per heavy atom. The van der Waals surface area contributed by atoms with Gasteiger partial charge < -0.3 is 39.1 Å². The third kappa shape index (κ3) is 5.31. The van der Waals surface area contributed by atoms with E-state index in [2.05, 4.69) is 0 Å². The first-order valence-corrected chi connectivity index (χ1v) is 9.73. The number of cyclic esters (lactones) is 1. The van der Waals surface area contributed by atoms with E-state index >= 15 is 0 Å². The third-order valence-electron chi connectivity index (χ3n) is 4.95. The third-order valence-corrected chi connectivity index (χ3v) is 4.95. The zero-order valence-electron chi connectivity index (χ0n) is 18.1. The topological polar surface area (TPSA) is 102 Å². The van der Waals surface area contributed by atoms with Crippen LogP contribution < -0.4 is 19.9 Å². The first kappa shape index (κ1) is 22.5. The van der Waals surface area contributed by atoms with Crippen molar-refractivity contribution in [3.63, 3.8) is 0 Å². The summed E-state index contributed by atoms with van der Waals surface area (Å²) in [5.41, 5.74) is 8.11. The Labute approximate surface area is 181 Å². The maximum absolute atomic E-state index is 12.3. The molecule has 3 rings (SSSR count). The Hall–Kier alpha value is -3.17. The van der Waals surface area contributed by atoms with E-state index < -0.39 is 12.4 Å². The summed E-state index contributed by atoms with van der Waals surface area (Å²) in [6, 6.07) is 10.8. The van der Waals surface area contributed by atoms with E-state index in [-0.39, 0.29) is 12.7 Å². The Kier molecular flexibility index (Phi) is 7.43. The van der Waals surface area contributed by atoms with Crippen LogP contribution in [0.4, 0.5) is 10.5 Å². The van der Waals surface area contributed by atoms with Gasteiger partial charge in [0.05, 0.1) is 20.8 Å². The highest BCUT2D eigenvalue weighted by Gasteiger charge is 2.32. The van der Waals surface area contributed by atoms with E-state index in [4.69, 9.17) is 34.2 Å². The van der Waals surface area contributed by atoms with Crippen LogP contribution in [-0.2, 0) is 20.8 Å². The lowest BCUT2D eigenvalue weighted by molar-refractivity contribution is -0.105. The molecule has 1 amide bonds. The number of hydrogen-bond donors (Lipinski definition) is 1. The normalized spacial score (nSPS) is 15.8. The molecule has 1 fully saturated rings. The largest absolute Gasteiger partial charge is 0.493 e. The predicted octanol–water partition coefficient (Wildman–Crippen LogP) is 2.98. The van der Waals surface area contributed by atoms with Crippen molar-refractivity contribution < 1.29 is 33.2 Å². The number of carbonyl (C=O) groups is 1. The van der Waals surface area contributed by atoms with Crippen LogP contribution in [0, 0.1) is 0 Å². The molecule has 2 aromatic carbocycles. The van der Waals surface area contributed by atoms with E-state index in [1.54, 1.807) is 37.3 Å². The van der Waals surface area contributed by atoms with E-state index in [0.29, 0.717) is 41.6 Å². The van der Waals surface area contributed by atoms with Gasteiger partial charge in [-0.25, -0.2) is 4.79 Å². The molecule has 168 valence electrons. The molecule has 1 saturated heterocycles. The Morgan fingerprint density at radius 2 is 1.81 bits per heavy atom. The number of anilines is 1. The fourth-order valence-electron chi connectivity index (χ4n) is 3.38. The van der Waals surface area contributed by atoms with Crippen molar-refractivity contribution in [2.45, 2.75) is 18.9 Å². The van der Waals surface area contributed by atoms with E-state index in [1.165, 1.54) is 14.2 Å². The van der Waals surface area contributed by atoms with Gasteiger partial charge in [0, 0.05) is 32.0 Å². The monoisotopic (exact) mass is 432 g/mol. The fourth-order valence-corrected chi connectivity index (χ4v) is 3.38. The number of rotatable bonds is 10. The number of carbonyl (C=O) groups excluding carboxylic acids is 1. The lowest BCUT2D eigenvalue weighted by Crippen LogP contribution is -2.26. The molecular formula is C22H28N2O7. The summed E-state index contributed by atoms with van der Waals surface area (Å²) < 4.78 is 32.4. The summed E-state index contributed by atoms with van der Waals surface area (Å²) in [6.07, 6.45) is -1.38. The molecule has 9 heteroatoms. The molecule has 1 aliphatic rings. The van der Waals surface area contributed by atoms with Gasteiger partial charge in [-0.15, -0.1) is 0 Å². The van der Waals surface area contributed by atoms with Crippen LogP contribution in [0.2, 0.25) is 0 Å². The number of nitrogen functional groups attached to an aromatic ring is 1. The van der Waals surface area contributed by atoms with Crippen LogP contribution in [0.5, 0.6) is 17.2 Å². The van der Waals surface area contributed by atoms with Gasteiger partial charge in [-0.2, -0.15) is 0 Å². The second kappa shape index (κ2) is 10.2. The highest BCUT2D eigenvalue weighted by Crippen LogP contribution is 2.30. The number of hydrogen-bond acceptors (Lipinski definition) is 8. The van der Waals surface area contributed by atoms with Crippen molar-refractivity contribution in [1.82, 2.24) is 4.90 Å². The summed E-state index contributed by atoms with van der Waals surface area (Å²) in [6.45, 7) is 1.01. The van der Waals surface area contributed by atoms with Crippen molar-refractivity contribution in [2.75, 3.05) is 47.3 Å². The van der Waals surface area contributed by atoms with Crippen molar-refractivity contribution >= 4 is 11.8 Å². The summed E-state index contributed by atoms with van der Waals surface area (Å²) >= 11 is 0. The van der Waals surface area contributed by atoms with Gasteiger partial charge >= 0.3 is 6.09 Å². The molecule has 1 aliphatic heterocycles. The number of nitrogens with two attached hydrogens (primary N) is 1. The number of nitrogens with zero attached hydrogens (tertiary/aromatic N) is 1. The van der Waals surface area contributed by atoms with Gasteiger partial charge in [-0.3, -0.25) is 0 Å². The molecule has 0 spiro atoms. The second-order valence-corrected chi connectivity index (χ2v) is 6.98. The van der Waals surface area contributed by atoms with Crippen LogP contribution in [0.15, 0.2) is 36.4 Å². The summed E-state index contributed by atoms with van der Waals surface area (Å²) in [4.78, 5) is 13.9. The van der Waals surface area contributed by atoms with Gasteiger partial charge in [-0.05, 0) is 35.9 Å². The predicted molar refractivity (Wildman–Crippen MR) is 113 cm³/mol. The number of benzene rings is 2. The van der Waals surface area contributed by atoms with Gasteiger partial charge in [0.15, 0.2) is 23.9 Å². The molecule has 0 bridgehead atoms. The molecule has 9 nitrogen and oxygen atoms in total. The summed E-state index contributed by atoms with van der Waals surface area (Å²) in [5.74, 6) is 1.82. The molecule has 1 atom stereocenters. The van der Waals surface area contributed by atoms with Gasteiger partial charge in [0.25, 0.3) is 0 Å². The molecular weight excluding hydrogens is 404 g/mol. The van der Waals surface area contributed by atoms with Gasteiger partial charge in [-0.1, -0.05) is 6.07 Å². The lowest BCUT2D eigenvalue weighted by Gasteiger charge is -2.18. The average molecular weight is 432 g/mol. The summed E-state index contributed by atoms with van der Waals surface area (Å²) in [7, 11) is 6.22. The van der Waals surface area contributed by atoms with Gasteiger partial charge in [0.1, 0.15) is 12.4 Å². The first-order valence-electron chi connectivity index (χ1n) is 9.73. The molecule has 1 unspecified atom stereocenters. The Morgan fingerprint density at radius 1 is 1.06 bits per heavy atom. The molecule has 1 heterocycles. The number of amides is 1. The highest BCUT2D eigenvalue weighted by atomic mass is 16.7. The van der Waals surface area contributed by atoms with Crippen LogP contribution in [-0.4, -0.2) is 58.7 Å². The van der Waals surface area contributed by atoms with Crippen LogP contribution in [0.1, 0.15) is 17.4 Å². The van der Waals surface area contributed by atoms with Crippen LogP contribution >= 0.6 is 0 Å². The molecule has 0 saturated carbocycles. The molecule has 0 radical (unpaired) electrons. The second-order valence-electron chi connectivity index (χ2n) is 6.98.